The number of likely N-dealkylation sites (tertiary alicyclic amines) is 1. The third-order valence-corrected chi connectivity index (χ3v) is 3.20. The maximum absolute atomic E-state index is 5.08. The number of nitrogens with two attached hydrogens (primary N) is 1. The molecule has 1 saturated heterocycles. The van der Waals surface area contributed by atoms with Crippen LogP contribution in [0.2, 0.25) is 0 Å². The second-order valence-corrected chi connectivity index (χ2v) is 4.37. The highest BCUT2D eigenvalue weighted by Gasteiger charge is 2.13. The van der Waals surface area contributed by atoms with E-state index in [0.29, 0.717) is 6.61 Å². The van der Waals surface area contributed by atoms with E-state index < -0.39 is 0 Å². The molecule has 3 heteroatoms. The van der Waals surface area contributed by atoms with Crippen LogP contribution in [-0.2, 0) is 17.8 Å². The molecule has 1 aliphatic heterocycles. The van der Waals surface area contributed by atoms with E-state index in [2.05, 4.69) is 34.0 Å². The van der Waals surface area contributed by atoms with Crippen LogP contribution in [0.3, 0.4) is 0 Å². The predicted octanol–water partition coefficient (Wildman–Crippen LogP) is 1.72. The minimum Gasteiger partial charge on any atom is -0.304 e. The molecule has 3 nitrogen and oxygen atoms in total. The summed E-state index contributed by atoms with van der Waals surface area (Å²) in [7, 11) is 0. The first-order chi connectivity index (χ1) is 7.90. The van der Waals surface area contributed by atoms with Gasteiger partial charge in [0, 0.05) is 6.54 Å². The third-order valence-electron chi connectivity index (χ3n) is 3.20. The van der Waals surface area contributed by atoms with Gasteiger partial charge < -0.3 is 4.84 Å². The van der Waals surface area contributed by atoms with Crippen LogP contribution in [0.4, 0.5) is 0 Å². The normalized spacial score (nSPS) is 16.8. The fourth-order valence-electron chi connectivity index (χ4n) is 2.31. The zero-order valence-corrected chi connectivity index (χ0v) is 9.69. The lowest BCUT2D eigenvalue weighted by molar-refractivity contribution is 0.141. The fraction of sp³-hybridized carbons (Fsp3) is 0.538. The van der Waals surface area contributed by atoms with Gasteiger partial charge in [-0.3, -0.25) is 4.90 Å². The Morgan fingerprint density at radius 3 is 2.50 bits per heavy atom. The second-order valence-electron chi connectivity index (χ2n) is 4.37. The first-order valence-corrected chi connectivity index (χ1v) is 6.01. The molecule has 0 spiro atoms. The van der Waals surface area contributed by atoms with Gasteiger partial charge in [-0.1, -0.05) is 24.3 Å². The van der Waals surface area contributed by atoms with Gasteiger partial charge in [0.25, 0.3) is 0 Å². The van der Waals surface area contributed by atoms with Crippen LogP contribution in [-0.4, -0.2) is 24.6 Å². The molecule has 2 N–H and O–H groups in total. The topological polar surface area (TPSA) is 38.5 Å². The minimum atomic E-state index is 0.594. The Morgan fingerprint density at radius 1 is 1.12 bits per heavy atom. The monoisotopic (exact) mass is 220 g/mol. The highest BCUT2D eigenvalue weighted by atomic mass is 16.6. The van der Waals surface area contributed by atoms with Crippen molar-refractivity contribution in [2.75, 3.05) is 19.7 Å². The quantitative estimate of drug-likeness (QED) is 0.768. The lowest BCUT2D eigenvalue weighted by Gasteiger charge is -2.17. The summed E-state index contributed by atoms with van der Waals surface area (Å²) in [5.41, 5.74) is 2.78. The van der Waals surface area contributed by atoms with Crippen molar-refractivity contribution >= 4 is 0 Å². The average Bonchev–Trinajstić information content (AvgIpc) is 2.81. The van der Waals surface area contributed by atoms with Crippen LogP contribution in [0.25, 0.3) is 0 Å². The van der Waals surface area contributed by atoms with E-state index in [-0.39, 0.29) is 0 Å². The smallest absolute Gasteiger partial charge is 0.0719 e. The van der Waals surface area contributed by atoms with Crippen molar-refractivity contribution in [3.05, 3.63) is 35.4 Å². The van der Waals surface area contributed by atoms with Crippen LogP contribution in [0.15, 0.2) is 24.3 Å². The van der Waals surface area contributed by atoms with E-state index in [9.17, 15) is 0 Å². The first-order valence-electron chi connectivity index (χ1n) is 6.01. The highest BCUT2D eigenvalue weighted by Crippen LogP contribution is 2.16. The summed E-state index contributed by atoms with van der Waals surface area (Å²) < 4.78 is 0. The maximum atomic E-state index is 5.08. The Labute approximate surface area is 97.1 Å². The third kappa shape index (κ3) is 3.04. The first kappa shape index (κ1) is 11.6. The predicted molar refractivity (Wildman–Crippen MR) is 64.8 cm³/mol. The van der Waals surface area contributed by atoms with Crippen molar-refractivity contribution < 1.29 is 4.84 Å². The average molecular weight is 220 g/mol. The van der Waals surface area contributed by atoms with Crippen LogP contribution < -0.4 is 5.90 Å². The summed E-state index contributed by atoms with van der Waals surface area (Å²) in [6.07, 6.45) is 3.59. The molecule has 0 aromatic heterocycles. The van der Waals surface area contributed by atoms with Crippen LogP contribution in [0.5, 0.6) is 0 Å². The van der Waals surface area contributed by atoms with Crippen molar-refractivity contribution in [1.29, 1.82) is 0 Å². The van der Waals surface area contributed by atoms with Gasteiger partial charge in [-0.05, 0) is 43.5 Å². The molecule has 0 radical (unpaired) electrons. The lowest BCUT2D eigenvalue weighted by atomic mass is 10.0. The molecule has 1 aliphatic rings. The van der Waals surface area contributed by atoms with Crippen molar-refractivity contribution in [2.45, 2.75) is 25.8 Å². The van der Waals surface area contributed by atoms with E-state index in [0.717, 1.165) is 13.0 Å². The molecule has 0 amide bonds. The van der Waals surface area contributed by atoms with Crippen molar-refractivity contribution in [3.63, 3.8) is 0 Å². The lowest BCUT2D eigenvalue weighted by Crippen LogP contribution is -2.19. The van der Waals surface area contributed by atoms with E-state index >= 15 is 0 Å². The van der Waals surface area contributed by atoms with Crippen LogP contribution in [0.1, 0.15) is 24.0 Å². The molecule has 1 heterocycles. The van der Waals surface area contributed by atoms with Gasteiger partial charge in [-0.25, -0.2) is 5.90 Å². The van der Waals surface area contributed by atoms with Gasteiger partial charge >= 0.3 is 0 Å². The van der Waals surface area contributed by atoms with Gasteiger partial charge in [0.15, 0.2) is 0 Å². The highest BCUT2D eigenvalue weighted by molar-refractivity contribution is 5.27. The zero-order chi connectivity index (χ0) is 11.2. The standard InChI is InChI=1S/C13H20N2O/c14-16-10-7-12-5-1-2-6-13(12)11-15-8-3-4-9-15/h1-2,5-6H,3-4,7-11,14H2. The Bertz CT molecular complexity index is 321. The van der Waals surface area contributed by atoms with Crippen LogP contribution >= 0.6 is 0 Å². The Morgan fingerprint density at radius 2 is 1.81 bits per heavy atom. The minimum absolute atomic E-state index is 0.594. The number of hydrogen-bond acceptors (Lipinski definition) is 3. The molecule has 1 aromatic rings. The Balaban J connectivity index is 2.00. The summed E-state index contributed by atoms with van der Waals surface area (Å²) >= 11 is 0. The summed E-state index contributed by atoms with van der Waals surface area (Å²) in [5, 5.41) is 0. The van der Waals surface area contributed by atoms with E-state index in [4.69, 9.17) is 5.90 Å². The summed E-state index contributed by atoms with van der Waals surface area (Å²) in [4.78, 5) is 7.17. The van der Waals surface area contributed by atoms with Gasteiger partial charge in [-0.2, -0.15) is 0 Å². The van der Waals surface area contributed by atoms with Crippen molar-refractivity contribution in [1.82, 2.24) is 4.90 Å². The maximum Gasteiger partial charge on any atom is 0.0719 e. The molecule has 0 atom stereocenters. The number of nitrogens with zero attached hydrogens (tertiary/aromatic N) is 1. The van der Waals surface area contributed by atoms with Gasteiger partial charge in [0.2, 0.25) is 0 Å². The van der Waals surface area contributed by atoms with Crippen LogP contribution in [0, 0.1) is 0 Å². The van der Waals surface area contributed by atoms with Crippen molar-refractivity contribution in [2.24, 2.45) is 5.90 Å². The second kappa shape index (κ2) is 5.99. The molecule has 2 rings (SSSR count). The van der Waals surface area contributed by atoms with Gasteiger partial charge in [0.05, 0.1) is 6.61 Å². The van der Waals surface area contributed by atoms with Gasteiger partial charge in [-0.15, -0.1) is 0 Å². The number of benzene rings is 1. The molecule has 0 aliphatic carbocycles. The van der Waals surface area contributed by atoms with E-state index in [1.54, 1.807) is 0 Å². The molecule has 0 bridgehead atoms. The molecule has 16 heavy (non-hydrogen) atoms. The molecule has 88 valence electrons. The molecule has 1 aromatic carbocycles. The largest absolute Gasteiger partial charge is 0.304 e. The summed E-state index contributed by atoms with van der Waals surface area (Å²) in [5.74, 6) is 5.08. The SMILES string of the molecule is NOCCc1ccccc1CN1CCCC1. The van der Waals surface area contributed by atoms with E-state index in [1.807, 2.05) is 0 Å². The zero-order valence-electron chi connectivity index (χ0n) is 9.69. The molecule has 0 unspecified atom stereocenters. The summed E-state index contributed by atoms with van der Waals surface area (Å²) in [6, 6.07) is 8.58. The Kier molecular flexibility index (Phi) is 4.34. The molecule has 1 fully saturated rings. The van der Waals surface area contributed by atoms with E-state index in [1.165, 1.54) is 37.1 Å². The molecule has 0 saturated carbocycles. The fourth-order valence-corrected chi connectivity index (χ4v) is 2.31. The number of rotatable bonds is 5. The molecular weight excluding hydrogens is 200 g/mol. The molecular formula is C13H20N2O. The van der Waals surface area contributed by atoms with Gasteiger partial charge in [0.1, 0.15) is 0 Å². The Hall–Kier alpha value is -0.900. The number of hydrogen-bond donors (Lipinski definition) is 1. The van der Waals surface area contributed by atoms with Crippen molar-refractivity contribution in [3.8, 4) is 0 Å². The summed E-state index contributed by atoms with van der Waals surface area (Å²) in [6.45, 7) is 4.14.